The van der Waals surface area contributed by atoms with E-state index < -0.39 is 0 Å². The van der Waals surface area contributed by atoms with Crippen molar-refractivity contribution < 1.29 is 4.79 Å². The number of alkyl halides is 1. The topological polar surface area (TPSA) is 54.9 Å². The number of hydrogen-bond acceptors (Lipinski definition) is 4. The lowest BCUT2D eigenvalue weighted by Crippen LogP contribution is -2.36. The van der Waals surface area contributed by atoms with Crippen LogP contribution in [0, 0.1) is 5.92 Å². The van der Waals surface area contributed by atoms with Crippen molar-refractivity contribution in [1.82, 2.24) is 14.9 Å². The van der Waals surface area contributed by atoms with Crippen molar-refractivity contribution in [2.24, 2.45) is 5.92 Å². The van der Waals surface area contributed by atoms with E-state index in [2.05, 4.69) is 44.7 Å². The fraction of sp³-hybridized carbons (Fsp3) is 0.667. The van der Waals surface area contributed by atoms with Gasteiger partial charge in [-0.2, -0.15) is 0 Å². The summed E-state index contributed by atoms with van der Waals surface area (Å²) < 4.78 is 3.66. The summed E-state index contributed by atoms with van der Waals surface area (Å²) in [6, 6.07) is 0.166. The highest BCUT2D eigenvalue weighted by Crippen LogP contribution is 2.09. The Morgan fingerprint density at radius 2 is 2.40 bits per heavy atom. The summed E-state index contributed by atoms with van der Waals surface area (Å²) in [5, 5.41) is 7.35. The molecule has 15 heavy (non-hydrogen) atoms. The molecule has 1 unspecified atom stereocenters. The summed E-state index contributed by atoms with van der Waals surface area (Å²) in [7, 11) is 0. The molecule has 0 aliphatic heterocycles. The van der Waals surface area contributed by atoms with Gasteiger partial charge in [-0.3, -0.25) is 4.79 Å². The highest BCUT2D eigenvalue weighted by molar-refractivity contribution is 9.09. The van der Waals surface area contributed by atoms with Gasteiger partial charge in [-0.1, -0.05) is 34.3 Å². The predicted octanol–water partition coefficient (Wildman–Crippen LogP) is 2.08. The quantitative estimate of drug-likeness (QED) is 0.845. The van der Waals surface area contributed by atoms with Crippen molar-refractivity contribution in [3.63, 3.8) is 0 Å². The molecule has 1 N–H and O–H groups in total. The number of aromatic nitrogens is 2. The van der Waals surface area contributed by atoms with Crippen LogP contribution < -0.4 is 5.32 Å². The minimum atomic E-state index is -0.0879. The van der Waals surface area contributed by atoms with E-state index in [4.69, 9.17) is 0 Å². The summed E-state index contributed by atoms with van der Waals surface area (Å²) in [5.41, 5.74) is 0. The largest absolute Gasteiger partial charge is 0.348 e. The Morgan fingerprint density at radius 3 is 2.87 bits per heavy atom. The maximum atomic E-state index is 11.7. The zero-order chi connectivity index (χ0) is 11.3. The van der Waals surface area contributed by atoms with E-state index in [1.807, 2.05) is 0 Å². The molecule has 4 nitrogen and oxygen atoms in total. The fourth-order valence-electron chi connectivity index (χ4n) is 1.25. The van der Waals surface area contributed by atoms with E-state index in [0.717, 1.165) is 23.3 Å². The molecule has 1 aromatic rings. The number of carbonyl (C=O) groups excluding carboxylic acids is 1. The van der Waals surface area contributed by atoms with Crippen LogP contribution in [0.2, 0.25) is 0 Å². The molecule has 1 aromatic heterocycles. The molecular weight excluding hydrogens is 278 g/mol. The number of hydrogen-bond donors (Lipinski definition) is 1. The predicted molar refractivity (Wildman–Crippen MR) is 64.4 cm³/mol. The Bertz CT molecular complexity index is 302. The lowest BCUT2D eigenvalue weighted by molar-refractivity contribution is 0.0941. The Labute approximate surface area is 102 Å². The maximum absolute atomic E-state index is 11.7. The minimum Gasteiger partial charge on any atom is -0.348 e. The first kappa shape index (κ1) is 12.6. The molecule has 1 amide bonds. The highest BCUT2D eigenvalue weighted by Gasteiger charge is 2.15. The van der Waals surface area contributed by atoms with E-state index >= 15 is 0 Å². The molecule has 1 rings (SSSR count). The molecule has 1 heterocycles. The van der Waals surface area contributed by atoms with Gasteiger partial charge in [-0.25, -0.2) is 0 Å². The van der Waals surface area contributed by atoms with Gasteiger partial charge < -0.3 is 5.32 Å². The van der Waals surface area contributed by atoms with Crippen molar-refractivity contribution in [2.75, 3.05) is 5.33 Å². The van der Waals surface area contributed by atoms with Crippen molar-refractivity contribution in [3.8, 4) is 0 Å². The van der Waals surface area contributed by atoms with Crippen molar-refractivity contribution >= 4 is 33.4 Å². The van der Waals surface area contributed by atoms with Gasteiger partial charge in [0.1, 0.15) is 4.88 Å². The third-order valence-electron chi connectivity index (χ3n) is 1.86. The molecule has 84 valence electrons. The summed E-state index contributed by atoms with van der Waals surface area (Å²) in [6.45, 7) is 4.27. The molecule has 0 aliphatic rings. The van der Waals surface area contributed by atoms with Gasteiger partial charge >= 0.3 is 0 Å². The molecule has 0 fully saturated rings. The second kappa shape index (κ2) is 6.17. The molecule has 1 atom stereocenters. The molecule has 0 spiro atoms. The molecular formula is C9H14BrN3OS. The van der Waals surface area contributed by atoms with E-state index in [0.29, 0.717) is 10.8 Å². The van der Waals surface area contributed by atoms with Gasteiger partial charge in [0.25, 0.3) is 5.91 Å². The lowest BCUT2D eigenvalue weighted by atomic mass is 10.1. The van der Waals surface area contributed by atoms with Crippen LogP contribution in [0.4, 0.5) is 0 Å². The van der Waals surface area contributed by atoms with Crippen molar-refractivity contribution in [3.05, 3.63) is 11.1 Å². The second-order valence-electron chi connectivity index (χ2n) is 3.74. The Kier molecular flexibility index (Phi) is 5.17. The molecule has 0 aromatic carbocycles. The van der Waals surface area contributed by atoms with Gasteiger partial charge in [-0.05, 0) is 23.9 Å². The number of carbonyl (C=O) groups is 1. The Hall–Kier alpha value is -0.490. The molecule has 0 saturated carbocycles. The summed E-state index contributed by atoms with van der Waals surface area (Å²) in [5.74, 6) is 0.475. The number of nitrogens with one attached hydrogen (secondary N) is 1. The normalized spacial score (nSPS) is 12.8. The summed E-state index contributed by atoms with van der Waals surface area (Å²) in [6.07, 6.45) is 2.45. The Balaban J connectivity index is 2.48. The number of amides is 1. The van der Waals surface area contributed by atoms with Crippen LogP contribution in [0.1, 0.15) is 29.9 Å². The third kappa shape index (κ3) is 4.25. The van der Waals surface area contributed by atoms with Gasteiger partial charge in [0.15, 0.2) is 0 Å². The monoisotopic (exact) mass is 291 g/mol. The average molecular weight is 292 g/mol. The first-order chi connectivity index (χ1) is 7.13. The van der Waals surface area contributed by atoms with Crippen LogP contribution in [0.3, 0.4) is 0 Å². The molecule has 0 saturated heterocycles. The Morgan fingerprint density at radius 1 is 1.67 bits per heavy atom. The second-order valence-corrected chi connectivity index (χ2v) is 5.17. The molecule has 0 bridgehead atoms. The molecule has 0 radical (unpaired) electrons. The number of halogens is 1. The summed E-state index contributed by atoms with van der Waals surface area (Å²) in [4.78, 5) is 12.2. The van der Waals surface area contributed by atoms with Gasteiger partial charge in [-0.15, -0.1) is 5.10 Å². The SMILES string of the molecule is CC(C)CC(CBr)NC(=O)c1cnns1. The van der Waals surface area contributed by atoms with Crippen LogP contribution in [-0.2, 0) is 0 Å². The number of rotatable bonds is 5. The number of nitrogens with zero attached hydrogens (tertiary/aromatic N) is 2. The fourth-order valence-corrected chi connectivity index (χ4v) is 2.10. The van der Waals surface area contributed by atoms with E-state index in [1.165, 1.54) is 6.20 Å². The maximum Gasteiger partial charge on any atom is 0.264 e. The molecule has 0 aliphatic carbocycles. The third-order valence-corrected chi connectivity index (χ3v) is 3.31. The van der Waals surface area contributed by atoms with E-state index in [9.17, 15) is 4.79 Å². The van der Waals surface area contributed by atoms with Crippen LogP contribution in [0.25, 0.3) is 0 Å². The van der Waals surface area contributed by atoms with E-state index in [-0.39, 0.29) is 11.9 Å². The van der Waals surface area contributed by atoms with Gasteiger partial charge in [0.05, 0.1) is 6.20 Å². The van der Waals surface area contributed by atoms with Crippen LogP contribution >= 0.6 is 27.5 Å². The lowest BCUT2D eigenvalue weighted by Gasteiger charge is -2.17. The van der Waals surface area contributed by atoms with Gasteiger partial charge in [0, 0.05) is 11.4 Å². The molecule has 6 heteroatoms. The zero-order valence-corrected chi connectivity index (χ0v) is 11.1. The van der Waals surface area contributed by atoms with Crippen LogP contribution in [0.5, 0.6) is 0 Å². The van der Waals surface area contributed by atoms with Crippen molar-refractivity contribution in [1.29, 1.82) is 0 Å². The van der Waals surface area contributed by atoms with Crippen LogP contribution in [0.15, 0.2) is 6.20 Å². The van der Waals surface area contributed by atoms with E-state index in [1.54, 1.807) is 0 Å². The minimum absolute atomic E-state index is 0.0879. The highest BCUT2D eigenvalue weighted by atomic mass is 79.9. The standard InChI is InChI=1S/C9H14BrN3OS/c1-6(2)3-7(4-10)12-9(14)8-5-11-13-15-8/h5-7H,3-4H2,1-2H3,(H,12,14). The average Bonchev–Trinajstić information content (AvgIpc) is 2.68. The first-order valence-electron chi connectivity index (χ1n) is 4.77. The smallest absolute Gasteiger partial charge is 0.264 e. The first-order valence-corrected chi connectivity index (χ1v) is 6.67. The zero-order valence-electron chi connectivity index (χ0n) is 8.74. The van der Waals surface area contributed by atoms with Crippen molar-refractivity contribution in [2.45, 2.75) is 26.3 Å². The van der Waals surface area contributed by atoms with Crippen LogP contribution in [-0.4, -0.2) is 26.9 Å². The van der Waals surface area contributed by atoms with Gasteiger partial charge in [0.2, 0.25) is 0 Å². The summed E-state index contributed by atoms with van der Waals surface area (Å²) >= 11 is 4.51.